The van der Waals surface area contributed by atoms with Gasteiger partial charge in [-0.1, -0.05) is 300 Å². The van der Waals surface area contributed by atoms with Crippen molar-refractivity contribution >= 4 is 131 Å². The average Bonchev–Trinajstić information content (AvgIpc) is 1.53. The Morgan fingerprint density at radius 2 is 0.713 bits per heavy atom. The highest BCUT2D eigenvalue weighted by Crippen LogP contribution is 2.52. The van der Waals surface area contributed by atoms with E-state index < -0.39 is 0 Å². The van der Waals surface area contributed by atoms with Crippen molar-refractivity contribution in [1.29, 1.82) is 0 Å². The molecule has 0 N–H and O–H groups in total. The van der Waals surface area contributed by atoms with Gasteiger partial charge in [-0.3, -0.25) is 4.98 Å². The molecule has 5 heterocycles. The summed E-state index contributed by atoms with van der Waals surface area (Å²) in [6.45, 7) is 23.5. The molecule has 20 rings (SSSR count). The number of aromatic nitrogens is 3. The van der Waals surface area contributed by atoms with Crippen molar-refractivity contribution in [2.45, 2.75) is 90.9 Å². The highest BCUT2D eigenvalue weighted by atomic mass is 15.0. The minimum atomic E-state index is -0.232. The van der Waals surface area contributed by atoms with Crippen LogP contribution in [0.15, 0.2) is 279 Å². The highest BCUT2D eigenvalue weighted by molar-refractivity contribution is 7.00. The van der Waals surface area contributed by atoms with E-state index in [1.807, 2.05) is 6.20 Å². The first-order chi connectivity index (χ1) is 48.9. The largest absolute Gasteiger partial charge is 0.310 e. The quantitative estimate of drug-likeness (QED) is 0.115. The first kappa shape index (κ1) is 59.7. The van der Waals surface area contributed by atoms with E-state index in [0.29, 0.717) is 0 Å². The number of benzene rings is 15. The molecule has 0 bridgehead atoms. The second kappa shape index (κ2) is 21.1. The molecule has 0 atom stereocenters. The number of hydrogen-bond acceptors (Lipinski definition) is 1. The van der Waals surface area contributed by atoms with E-state index in [1.165, 1.54) is 169 Å². The number of hydrogen-bond donors (Lipinski definition) is 0. The zero-order valence-corrected chi connectivity index (χ0v) is 59.0. The summed E-state index contributed by atoms with van der Waals surface area (Å²) in [4.78, 5) is 5.61. The summed E-state index contributed by atoms with van der Waals surface area (Å²) in [6, 6.07) is 105. The predicted molar refractivity (Wildman–Crippen MR) is 433 cm³/mol. The summed E-state index contributed by atoms with van der Waals surface area (Å²) < 4.78 is 5.45. The Kier molecular flexibility index (Phi) is 12.5. The molecular formula is C97H76BN3. The van der Waals surface area contributed by atoms with Gasteiger partial charge in [-0.15, -0.1) is 0 Å². The maximum Gasteiger partial charge on any atom is 0.252 e. The molecule has 0 amide bonds. The lowest BCUT2D eigenvalue weighted by Gasteiger charge is -2.35. The van der Waals surface area contributed by atoms with E-state index in [4.69, 9.17) is 4.98 Å². The van der Waals surface area contributed by atoms with Gasteiger partial charge in [0.1, 0.15) is 0 Å². The Morgan fingerprint density at radius 3 is 1.26 bits per heavy atom. The van der Waals surface area contributed by atoms with E-state index in [0.717, 1.165) is 33.5 Å². The molecule has 2 aliphatic heterocycles. The third-order valence-electron chi connectivity index (χ3n) is 23.8. The monoisotopic (exact) mass is 1290 g/mol. The van der Waals surface area contributed by atoms with Gasteiger partial charge in [0.2, 0.25) is 0 Å². The van der Waals surface area contributed by atoms with Crippen LogP contribution >= 0.6 is 0 Å². The number of fused-ring (bicyclic) bond motifs is 24. The van der Waals surface area contributed by atoms with Crippen molar-refractivity contribution in [2.24, 2.45) is 0 Å². The second-order valence-corrected chi connectivity index (χ2v) is 32.1. The highest BCUT2D eigenvalue weighted by Gasteiger charge is 2.44. The topological polar surface area (TPSA) is 22.8 Å². The molecule has 3 nitrogen and oxygen atoms in total. The van der Waals surface area contributed by atoms with Crippen LogP contribution in [0, 0.1) is 0 Å². The average molecular weight is 1290 g/mol. The van der Waals surface area contributed by atoms with Gasteiger partial charge < -0.3 is 9.13 Å². The van der Waals surface area contributed by atoms with E-state index in [1.54, 1.807) is 0 Å². The lowest BCUT2D eigenvalue weighted by atomic mass is 9.34. The van der Waals surface area contributed by atoms with E-state index >= 15 is 0 Å². The number of pyridine rings is 1. The molecule has 0 aliphatic carbocycles. The van der Waals surface area contributed by atoms with Crippen LogP contribution < -0.4 is 16.4 Å². The Morgan fingerprint density at radius 1 is 0.287 bits per heavy atom. The van der Waals surface area contributed by atoms with E-state index in [9.17, 15) is 0 Å². The van der Waals surface area contributed by atoms with Gasteiger partial charge in [0.25, 0.3) is 6.71 Å². The molecular weight excluding hydrogens is 1220 g/mol. The van der Waals surface area contributed by atoms with Crippen molar-refractivity contribution in [3.63, 3.8) is 0 Å². The molecule has 2 aliphatic rings. The van der Waals surface area contributed by atoms with Crippen LogP contribution in [-0.2, 0) is 21.7 Å². The Balaban J connectivity index is 0.981. The van der Waals surface area contributed by atoms with Crippen molar-refractivity contribution in [3.8, 4) is 44.9 Å². The molecule has 15 aromatic carbocycles. The summed E-state index contributed by atoms with van der Waals surface area (Å²) in [7, 11) is 0. The van der Waals surface area contributed by atoms with Crippen LogP contribution in [0.1, 0.15) is 103 Å². The molecule has 0 saturated carbocycles. The fourth-order valence-electron chi connectivity index (χ4n) is 18.4. The fraction of sp³-hybridized carbons (Fsp3) is 0.144. The Hall–Kier alpha value is -11.3. The van der Waals surface area contributed by atoms with Gasteiger partial charge in [-0.2, -0.15) is 0 Å². The zero-order valence-electron chi connectivity index (χ0n) is 59.0. The summed E-state index contributed by atoms with van der Waals surface area (Å²) in [5.74, 6) is 0. The van der Waals surface area contributed by atoms with Gasteiger partial charge in [0, 0.05) is 77.4 Å². The first-order valence-corrected chi connectivity index (χ1v) is 36.1. The van der Waals surface area contributed by atoms with Gasteiger partial charge >= 0.3 is 0 Å². The second-order valence-electron chi connectivity index (χ2n) is 32.1. The molecule has 18 aromatic rings. The van der Waals surface area contributed by atoms with E-state index in [2.05, 4.69) is 351 Å². The van der Waals surface area contributed by atoms with E-state index in [-0.39, 0.29) is 28.4 Å². The van der Waals surface area contributed by atoms with Gasteiger partial charge in [0.05, 0.1) is 22.2 Å². The fourth-order valence-corrected chi connectivity index (χ4v) is 18.4. The predicted octanol–water partition coefficient (Wildman–Crippen LogP) is 23.6. The molecule has 0 saturated heterocycles. The van der Waals surface area contributed by atoms with Gasteiger partial charge in [0.15, 0.2) is 0 Å². The van der Waals surface area contributed by atoms with Crippen LogP contribution in [0.25, 0.3) is 153 Å². The smallest absolute Gasteiger partial charge is 0.252 e. The van der Waals surface area contributed by atoms with Gasteiger partial charge in [-0.25, -0.2) is 0 Å². The van der Waals surface area contributed by atoms with Crippen LogP contribution in [-0.4, -0.2) is 20.8 Å². The molecule has 3 aromatic heterocycles. The maximum absolute atomic E-state index is 5.61. The molecule has 0 radical (unpaired) electrons. The Labute approximate surface area is 590 Å². The molecule has 482 valence electrons. The number of rotatable bonds is 7. The number of nitrogens with zero attached hydrogens (tertiary/aromatic N) is 3. The Bertz CT molecular complexity index is 6460. The molecule has 101 heavy (non-hydrogen) atoms. The van der Waals surface area contributed by atoms with Crippen molar-refractivity contribution < 1.29 is 0 Å². The first-order valence-electron chi connectivity index (χ1n) is 36.1. The van der Waals surface area contributed by atoms with Crippen LogP contribution in [0.5, 0.6) is 0 Å². The normalized spacial score (nSPS) is 13.2. The lowest BCUT2D eigenvalue weighted by Crippen LogP contribution is -2.59. The van der Waals surface area contributed by atoms with Crippen LogP contribution in [0.3, 0.4) is 0 Å². The van der Waals surface area contributed by atoms with Crippen LogP contribution in [0.2, 0.25) is 0 Å². The van der Waals surface area contributed by atoms with Crippen LogP contribution in [0.4, 0.5) is 0 Å². The SMILES string of the molecule is CC(C)(C)c1ccc2c(c1)c1cc(C(C)(C)C)cc3c1n2-c1cc(-c2c(-c4ccc(C(C)(C)c5ccccc5)cc4)ccnc2-c2ccc(C(C)(C)c4ccccc4)cc2)cc2c1B3c1cc3c4ccccc4c4ccccc4c3c3c4c5c6ccccc6c6ccccc6c5ccc4n-2c13. The third-order valence-corrected chi connectivity index (χ3v) is 23.8. The standard InChI is InChI=1S/C97H76BN3/c1-94(2,3)64-45-47-81-76(53-64)78-54-65(95(4,5)6)55-79-92(78)100(81)83-51-59(85-66(57-37-41-62(42-38-57)96(7,8)60-25-13-11-14-26-60)49-50-99-91(85)58-39-43-63(44-40-58)97(9,10)61-27-15-12-16-28-61)52-84-90(83)98(79)80-56-77-72-34-20-18-30-68(72)70-32-22-24-36-74(70)87(77)89-88-82(101(84)93(80)89)48-46-75-71-33-19-17-29-67(71)69-31-21-23-35-73(69)86(75)88/h11-56H,1-10H3. The minimum Gasteiger partial charge on any atom is -0.310 e. The third kappa shape index (κ3) is 8.46. The van der Waals surface area contributed by atoms with Crippen molar-refractivity contribution in [1.82, 2.24) is 14.1 Å². The summed E-state index contributed by atoms with van der Waals surface area (Å²) >= 11 is 0. The van der Waals surface area contributed by atoms with Crippen molar-refractivity contribution in [3.05, 3.63) is 313 Å². The summed E-state index contributed by atoms with van der Waals surface area (Å²) in [5, 5.41) is 20.5. The van der Waals surface area contributed by atoms with Gasteiger partial charge in [-0.05, 0) is 174 Å². The maximum atomic E-state index is 5.61. The zero-order chi connectivity index (χ0) is 68.3. The molecule has 4 heteroatoms. The lowest BCUT2D eigenvalue weighted by molar-refractivity contribution is 0.590. The molecule has 0 spiro atoms. The molecule has 0 unspecified atom stereocenters. The molecule has 0 fully saturated rings. The minimum absolute atomic E-state index is 0.0783. The summed E-state index contributed by atoms with van der Waals surface area (Å²) in [6.07, 6.45) is 2.05. The van der Waals surface area contributed by atoms with Crippen molar-refractivity contribution in [2.75, 3.05) is 0 Å². The summed E-state index contributed by atoms with van der Waals surface area (Å²) in [5.41, 5.74) is 24.9.